The second kappa shape index (κ2) is 8.66. The summed E-state index contributed by atoms with van der Waals surface area (Å²) < 4.78 is 7.36. The third-order valence-electron chi connectivity index (χ3n) is 5.69. The first-order chi connectivity index (χ1) is 16.1. The van der Waals surface area contributed by atoms with Crippen LogP contribution in [-0.2, 0) is 20.1 Å². The summed E-state index contributed by atoms with van der Waals surface area (Å²) in [6, 6.07) is 23.7. The van der Waals surface area contributed by atoms with E-state index in [1.807, 2.05) is 54.6 Å². The fraction of sp³-hybridized carbons (Fsp3) is 0.160. The van der Waals surface area contributed by atoms with Crippen molar-refractivity contribution in [1.82, 2.24) is 25.1 Å². The maximum atomic E-state index is 13.1. The number of carbonyl (C=O) groups excluding carboxylic acids is 2. The van der Waals surface area contributed by atoms with Crippen LogP contribution in [0.25, 0.3) is 0 Å². The molecule has 4 aromatic rings. The number of nitrogens with zero attached hydrogens (tertiary/aromatic N) is 5. The van der Waals surface area contributed by atoms with Crippen LogP contribution in [0.3, 0.4) is 0 Å². The number of hydrogen-bond acceptors (Lipinski definition) is 6. The summed E-state index contributed by atoms with van der Waals surface area (Å²) in [7, 11) is 1.70. The molecular weight excluding hydrogens is 418 g/mol. The predicted octanol–water partition coefficient (Wildman–Crippen LogP) is 3.37. The van der Waals surface area contributed by atoms with Gasteiger partial charge in [0.05, 0.1) is 11.1 Å². The van der Waals surface area contributed by atoms with E-state index in [4.69, 9.17) is 4.74 Å². The van der Waals surface area contributed by atoms with Gasteiger partial charge in [-0.15, -0.1) is 5.10 Å². The SMILES string of the molecule is Cn1nnnc1[C@H](Cc1ccc(OCc2ccccc2)cc1)N1C(=O)c2ccccc2C1=O. The summed E-state index contributed by atoms with van der Waals surface area (Å²) in [6.07, 6.45) is 0.374. The largest absolute Gasteiger partial charge is 0.489 e. The zero-order valence-electron chi connectivity index (χ0n) is 18.0. The molecule has 0 radical (unpaired) electrons. The minimum absolute atomic E-state index is 0.341. The monoisotopic (exact) mass is 439 g/mol. The topological polar surface area (TPSA) is 90.2 Å². The fourth-order valence-corrected chi connectivity index (χ4v) is 3.99. The molecule has 0 bridgehead atoms. The van der Waals surface area contributed by atoms with Crippen LogP contribution in [0.5, 0.6) is 5.75 Å². The van der Waals surface area contributed by atoms with Crippen molar-refractivity contribution in [3.8, 4) is 5.75 Å². The number of ether oxygens (including phenoxy) is 1. The van der Waals surface area contributed by atoms with Crippen LogP contribution in [-0.4, -0.2) is 36.9 Å². The molecule has 0 unspecified atom stereocenters. The van der Waals surface area contributed by atoms with E-state index in [0.717, 1.165) is 16.9 Å². The van der Waals surface area contributed by atoms with Crippen LogP contribution in [0.15, 0.2) is 78.9 Å². The van der Waals surface area contributed by atoms with E-state index in [9.17, 15) is 9.59 Å². The number of benzene rings is 3. The van der Waals surface area contributed by atoms with E-state index >= 15 is 0 Å². The van der Waals surface area contributed by atoms with Crippen molar-refractivity contribution in [2.45, 2.75) is 19.1 Å². The van der Waals surface area contributed by atoms with Crippen LogP contribution in [0.1, 0.15) is 43.7 Å². The molecular formula is C25H21N5O3. The van der Waals surface area contributed by atoms with Gasteiger partial charge in [0, 0.05) is 13.5 Å². The number of rotatable bonds is 7. The molecule has 2 heterocycles. The number of amides is 2. The van der Waals surface area contributed by atoms with Gasteiger partial charge >= 0.3 is 0 Å². The molecule has 1 aliphatic heterocycles. The number of carbonyl (C=O) groups is 2. The van der Waals surface area contributed by atoms with Crippen molar-refractivity contribution in [2.24, 2.45) is 7.05 Å². The average Bonchev–Trinajstić information content (AvgIpc) is 3.39. The molecule has 0 aliphatic carbocycles. The van der Waals surface area contributed by atoms with Crippen molar-refractivity contribution in [3.63, 3.8) is 0 Å². The smallest absolute Gasteiger partial charge is 0.262 e. The number of aryl methyl sites for hydroxylation is 1. The van der Waals surface area contributed by atoms with Crippen LogP contribution >= 0.6 is 0 Å². The first kappa shape index (κ1) is 20.6. The standard InChI is InChI=1S/C25H21N5O3/c1-29-23(26-27-28-29)22(30-24(31)20-9-5-6-10-21(20)25(30)32)15-17-11-13-19(14-12-17)33-16-18-7-3-2-4-8-18/h2-14,22H,15-16H2,1H3/t22-/m0/s1. The van der Waals surface area contributed by atoms with Gasteiger partial charge in [-0.25, -0.2) is 4.68 Å². The first-order valence-corrected chi connectivity index (χ1v) is 10.6. The Morgan fingerprint density at radius 2 is 1.45 bits per heavy atom. The van der Waals surface area contributed by atoms with E-state index in [0.29, 0.717) is 30.0 Å². The Morgan fingerprint density at radius 1 is 0.818 bits per heavy atom. The van der Waals surface area contributed by atoms with Crippen molar-refractivity contribution < 1.29 is 14.3 Å². The second-order valence-corrected chi connectivity index (χ2v) is 7.82. The van der Waals surface area contributed by atoms with Gasteiger partial charge in [0.25, 0.3) is 11.8 Å². The van der Waals surface area contributed by atoms with Gasteiger partial charge in [-0.3, -0.25) is 14.5 Å². The van der Waals surface area contributed by atoms with Gasteiger partial charge in [-0.05, 0) is 45.8 Å². The molecule has 5 rings (SSSR count). The maximum Gasteiger partial charge on any atom is 0.262 e. The summed E-state index contributed by atoms with van der Waals surface area (Å²) in [6.45, 7) is 0.475. The first-order valence-electron chi connectivity index (χ1n) is 10.6. The van der Waals surface area contributed by atoms with E-state index in [1.165, 1.54) is 9.58 Å². The summed E-state index contributed by atoms with van der Waals surface area (Å²) >= 11 is 0. The van der Waals surface area contributed by atoms with Gasteiger partial charge in [-0.1, -0.05) is 54.6 Å². The molecule has 0 saturated carbocycles. The van der Waals surface area contributed by atoms with Crippen LogP contribution < -0.4 is 4.74 Å². The number of tetrazole rings is 1. The van der Waals surface area contributed by atoms with E-state index in [2.05, 4.69) is 15.5 Å². The Kier molecular flexibility index (Phi) is 5.40. The summed E-state index contributed by atoms with van der Waals surface area (Å²) in [5.74, 6) is 0.493. The lowest BCUT2D eigenvalue weighted by molar-refractivity contribution is 0.0571. The van der Waals surface area contributed by atoms with Gasteiger partial charge < -0.3 is 4.74 Å². The number of aromatic nitrogens is 4. The fourth-order valence-electron chi connectivity index (χ4n) is 3.99. The van der Waals surface area contributed by atoms with Gasteiger partial charge in [0.2, 0.25) is 0 Å². The van der Waals surface area contributed by atoms with Crippen molar-refractivity contribution in [1.29, 1.82) is 0 Å². The Morgan fingerprint density at radius 3 is 2.06 bits per heavy atom. The number of imide groups is 1. The highest BCUT2D eigenvalue weighted by Crippen LogP contribution is 2.32. The molecule has 0 fully saturated rings. The predicted molar refractivity (Wildman–Crippen MR) is 119 cm³/mol. The minimum atomic E-state index is -0.645. The third kappa shape index (κ3) is 3.98. The minimum Gasteiger partial charge on any atom is -0.489 e. The zero-order valence-corrected chi connectivity index (χ0v) is 18.0. The zero-order chi connectivity index (χ0) is 22.8. The molecule has 33 heavy (non-hydrogen) atoms. The van der Waals surface area contributed by atoms with Crippen molar-refractivity contribution in [3.05, 3.63) is 107 Å². The summed E-state index contributed by atoms with van der Waals surface area (Å²) in [5, 5.41) is 11.7. The van der Waals surface area contributed by atoms with Crippen LogP contribution in [0.2, 0.25) is 0 Å². The molecule has 2 amide bonds. The third-order valence-corrected chi connectivity index (χ3v) is 5.69. The maximum absolute atomic E-state index is 13.1. The van der Waals surface area contributed by atoms with Gasteiger partial charge in [-0.2, -0.15) is 0 Å². The van der Waals surface area contributed by atoms with E-state index < -0.39 is 6.04 Å². The quantitative estimate of drug-likeness (QED) is 0.410. The molecule has 0 saturated heterocycles. The Labute approximate surface area is 190 Å². The number of fused-ring (bicyclic) bond motifs is 1. The van der Waals surface area contributed by atoms with Crippen LogP contribution in [0.4, 0.5) is 0 Å². The lowest BCUT2D eigenvalue weighted by atomic mass is 10.0. The molecule has 0 N–H and O–H groups in total. The molecule has 3 aromatic carbocycles. The lowest BCUT2D eigenvalue weighted by Crippen LogP contribution is -2.36. The van der Waals surface area contributed by atoms with Crippen LogP contribution in [0, 0.1) is 0 Å². The lowest BCUT2D eigenvalue weighted by Gasteiger charge is -2.25. The highest BCUT2D eigenvalue weighted by atomic mass is 16.5. The summed E-state index contributed by atoms with van der Waals surface area (Å²) in [4.78, 5) is 27.5. The molecule has 8 heteroatoms. The van der Waals surface area contributed by atoms with E-state index in [1.54, 1.807) is 31.3 Å². The Hall–Kier alpha value is -4.33. The normalized spacial score (nSPS) is 13.8. The van der Waals surface area contributed by atoms with Crippen molar-refractivity contribution in [2.75, 3.05) is 0 Å². The highest BCUT2D eigenvalue weighted by Gasteiger charge is 2.42. The van der Waals surface area contributed by atoms with Crippen molar-refractivity contribution >= 4 is 11.8 Å². The van der Waals surface area contributed by atoms with E-state index in [-0.39, 0.29) is 11.8 Å². The molecule has 1 aromatic heterocycles. The number of hydrogen-bond donors (Lipinski definition) is 0. The second-order valence-electron chi connectivity index (χ2n) is 7.82. The highest BCUT2D eigenvalue weighted by molar-refractivity contribution is 6.21. The summed E-state index contributed by atoms with van der Waals surface area (Å²) in [5.41, 5.74) is 2.80. The molecule has 1 atom stereocenters. The van der Waals surface area contributed by atoms with Gasteiger partial charge in [0.1, 0.15) is 18.4 Å². The Bertz CT molecular complexity index is 1270. The van der Waals surface area contributed by atoms with Gasteiger partial charge in [0.15, 0.2) is 5.82 Å². The molecule has 0 spiro atoms. The average molecular weight is 439 g/mol. The molecule has 1 aliphatic rings. The Balaban J connectivity index is 1.38. The molecule has 164 valence electrons. The molecule has 8 nitrogen and oxygen atoms in total.